The summed E-state index contributed by atoms with van der Waals surface area (Å²) in [4.78, 5) is 22.6. The number of ether oxygens (including phenoxy) is 1. The molecule has 0 atom stereocenters. The van der Waals surface area contributed by atoms with E-state index in [9.17, 15) is 20.0 Å². The first-order chi connectivity index (χ1) is 12.5. The Morgan fingerprint density at radius 1 is 1.23 bits per heavy atom. The molecule has 0 radical (unpaired) electrons. The number of carbonyl (C=O) groups is 1. The molecule has 9 heteroatoms. The van der Waals surface area contributed by atoms with Gasteiger partial charge in [0.15, 0.2) is 18.2 Å². The van der Waals surface area contributed by atoms with E-state index >= 15 is 0 Å². The van der Waals surface area contributed by atoms with Gasteiger partial charge in [0, 0.05) is 24.0 Å². The van der Waals surface area contributed by atoms with Crippen LogP contribution in [0.15, 0.2) is 60.8 Å². The molecule has 0 aliphatic carbocycles. The Morgan fingerprint density at radius 2 is 2.04 bits per heavy atom. The number of amides is 1. The number of rotatable bonds is 6. The van der Waals surface area contributed by atoms with Gasteiger partial charge in [0.2, 0.25) is 0 Å². The topological polar surface area (TPSA) is 120 Å². The largest absolute Gasteiger partial charge is 0.508 e. The van der Waals surface area contributed by atoms with Crippen molar-refractivity contribution in [2.24, 2.45) is 0 Å². The highest BCUT2D eigenvalue weighted by Gasteiger charge is 2.14. The normalized spacial score (nSPS) is 10.3. The number of nitro groups is 1. The number of benzene rings is 2. The number of hydrogen-bond acceptors (Lipinski definition) is 6. The maximum Gasteiger partial charge on any atom is 0.311 e. The number of carbonyl (C=O) groups excluding carboxylic acids is 1. The zero-order valence-corrected chi connectivity index (χ0v) is 13.4. The quantitative estimate of drug-likeness (QED) is 0.519. The highest BCUT2D eigenvalue weighted by molar-refractivity contribution is 6.02. The molecule has 26 heavy (non-hydrogen) atoms. The Kier molecular flexibility index (Phi) is 4.79. The third-order valence-corrected chi connectivity index (χ3v) is 3.39. The monoisotopic (exact) mass is 354 g/mol. The summed E-state index contributed by atoms with van der Waals surface area (Å²) in [6, 6.07) is 13.6. The molecule has 0 saturated heterocycles. The van der Waals surface area contributed by atoms with E-state index in [4.69, 9.17) is 4.74 Å². The lowest BCUT2D eigenvalue weighted by atomic mass is 10.3. The maximum atomic E-state index is 12.2. The summed E-state index contributed by atoms with van der Waals surface area (Å²) in [5.41, 5.74) is 0.418. The van der Waals surface area contributed by atoms with E-state index < -0.39 is 10.8 Å². The fourth-order valence-corrected chi connectivity index (χ4v) is 2.20. The minimum atomic E-state index is -0.535. The number of phenolic OH excluding ortho intramolecular Hbond substituents is 1. The van der Waals surface area contributed by atoms with Gasteiger partial charge >= 0.3 is 5.69 Å². The molecule has 0 spiro atoms. The molecule has 9 nitrogen and oxygen atoms in total. The maximum absolute atomic E-state index is 12.2. The van der Waals surface area contributed by atoms with Gasteiger partial charge in [0.25, 0.3) is 5.91 Å². The molecule has 2 aromatic carbocycles. The van der Waals surface area contributed by atoms with Crippen LogP contribution in [-0.4, -0.2) is 25.7 Å². The van der Waals surface area contributed by atoms with Crippen molar-refractivity contribution < 1.29 is 19.6 Å². The van der Waals surface area contributed by atoms with Crippen LogP contribution in [0.2, 0.25) is 0 Å². The summed E-state index contributed by atoms with van der Waals surface area (Å²) in [5.74, 6) is -0.315. The van der Waals surface area contributed by atoms with Crippen LogP contribution in [0.25, 0.3) is 0 Å². The van der Waals surface area contributed by atoms with E-state index in [1.807, 2.05) is 0 Å². The molecule has 2 N–H and O–H groups in total. The molecular weight excluding hydrogens is 340 g/mol. The van der Waals surface area contributed by atoms with Gasteiger partial charge in [-0.25, -0.2) is 4.68 Å². The van der Waals surface area contributed by atoms with Crippen LogP contribution in [0.1, 0.15) is 10.5 Å². The number of aromatic nitrogens is 2. The number of para-hydroxylation sites is 2. The van der Waals surface area contributed by atoms with Gasteiger partial charge in [-0.3, -0.25) is 14.9 Å². The van der Waals surface area contributed by atoms with Crippen LogP contribution in [0.5, 0.6) is 11.5 Å². The lowest BCUT2D eigenvalue weighted by Gasteiger charge is -2.06. The van der Waals surface area contributed by atoms with Crippen LogP contribution in [-0.2, 0) is 6.73 Å². The number of anilines is 1. The molecule has 3 aromatic rings. The summed E-state index contributed by atoms with van der Waals surface area (Å²) in [6.45, 7) is -0.0930. The first-order valence-corrected chi connectivity index (χ1v) is 7.53. The number of nitro benzene ring substituents is 1. The van der Waals surface area contributed by atoms with Gasteiger partial charge in [0.05, 0.1) is 4.92 Å². The van der Waals surface area contributed by atoms with Gasteiger partial charge in [-0.2, -0.15) is 5.10 Å². The summed E-state index contributed by atoms with van der Waals surface area (Å²) in [7, 11) is 0. The molecule has 1 aromatic heterocycles. The zero-order chi connectivity index (χ0) is 18.5. The molecular formula is C17H14N4O5. The third kappa shape index (κ3) is 3.96. The minimum absolute atomic E-state index is 0.0335. The Bertz CT molecular complexity index is 954. The molecule has 0 aliphatic rings. The standard InChI is InChI=1S/C17H14N4O5/c22-13-5-3-4-12(10-13)18-17(23)14-8-9-20(19-14)11-26-16-7-2-1-6-15(16)21(24)25/h1-10,22H,11H2,(H,18,23). The first kappa shape index (κ1) is 17.0. The number of hydrogen-bond donors (Lipinski definition) is 2. The molecule has 132 valence electrons. The highest BCUT2D eigenvalue weighted by Crippen LogP contribution is 2.26. The molecule has 1 heterocycles. The average molecular weight is 354 g/mol. The Hall–Kier alpha value is -3.88. The van der Waals surface area contributed by atoms with Crippen LogP contribution in [0.3, 0.4) is 0 Å². The second-order valence-electron chi connectivity index (χ2n) is 5.24. The van der Waals surface area contributed by atoms with Crippen molar-refractivity contribution in [1.82, 2.24) is 9.78 Å². The molecule has 0 bridgehead atoms. The van der Waals surface area contributed by atoms with E-state index in [-0.39, 0.29) is 29.6 Å². The second-order valence-corrected chi connectivity index (χ2v) is 5.24. The van der Waals surface area contributed by atoms with Crippen molar-refractivity contribution in [3.8, 4) is 11.5 Å². The van der Waals surface area contributed by atoms with Crippen LogP contribution >= 0.6 is 0 Å². The minimum Gasteiger partial charge on any atom is -0.508 e. The zero-order valence-electron chi connectivity index (χ0n) is 13.4. The SMILES string of the molecule is O=C(Nc1cccc(O)c1)c1ccn(COc2ccccc2[N+](=O)[O-])n1. The fourth-order valence-electron chi connectivity index (χ4n) is 2.20. The number of phenols is 1. The van der Waals surface area contributed by atoms with Gasteiger partial charge in [-0.1, -0.05) is 18.2 Å². The summed E-state index contributed by atoms with van der Waals surface area (Å²) in [6.07, 6.45) is 1.52. The van der Waals surface area contributed by atoms with Crippen LogP contribution in [0.4, 0.5) is 11.4 Å². The van der Waals surface area contributed by atoms with Crippen molar-refractivity contribution in [3.05, 3.63) is 76.6 Å². The Balaban J connectivity index is 1.65. The summed E-state index contributed by atoms with van der Waals surface area (Å²) < 4.78 is 6.75. The van der Waals surface area contributed by atoms with Gasteiger partial charge in [0.1, 0.15) is 5.75 Å². The Morgan fingerprint density at radius 3 is 2.81 bits per heavy atom. The summed E-state index contributed by atoms with van der Waals surface area (Å²) >= 11 is 0. The van der Waals surface area contributed by atoms with E-state index in [0.717, 1.165) is 0 Å². The van der Waals surface area contributed by atoms with Crippen molar-refractivity contribution in [1.29, 1.82) is 0 Å². The van der Waals surface area contributed by atoms with Crippen molar-refractivity contribution in [3.63, 3.8) is 0 Å². The molecule has 0 saturated carbocycles. The first-order valence-electron chi connectivity index (χ1n) is 7.53. The van der Waals surface area contributed by atoms with Gasteiger partial charge in [-0.15, -0.1) is 0 Å². The van der Waals surface area contributed by atoms with Gasteiger partial charge < -0.3 is 15.2 Å². The molecule has 0 aliphatic heterocycles. The van der Waals surface area contributed by atoms with E-state index in [2.05, 4.69) is 10.4 Å². The molecule has 0 fully saturated rings. The number of aromatic hydroxyl groups is 1. The fraction of sp³-hybridized carbons (Fsp3) is 0.0588. The van der Waals surface area contributed by atoms with E-state index in [1.54, 1.807) is 24.3 Å². The second kappa shape index (κ2) is 7.34. The van der Waals surface area contributed by atoms with Crippen LogP contribution < -0.4 is 10.1 Å². The molecule has 1 amide bonds. The smallest absolute Gasteiger partial charge is 0.311 e. The van der Waals surface area contributed by atoms with Crippen LogP contribution in [0, 0.1) is 10.1 Å². The molecule has 3 rings (SSSR count). The van der Waals surface area contributed by atoms with Crippen molar-refractivity contribution in [2.75, 3.05) is 5.32 Å². The third-order valence-electron chi connectivity index (χ3n) is 3.39. The average Bonchev–Trinajstić information content (AvgIpc) is 3.09. The lowest BCUT2D eigenvalue weighted by molar-refractivity contribution is -0.386. The molecule has 0 unspecified atom stereocenters. The van der Waals surface area contributed by atoms with Crippen molar-refractivity contribution in [2.45, 2.75) is 6.73 Å². The summed E-state index contributed by atoms with van der Waals surface area (Å²) in [5, 5.41) is 27.0. The van der Waals surface area contributed by atoms with Gasteiger partial charge in [-0.05, 0) is 24.3 Å². The number of nitrogens with zero attached hydrogens (tertiary/aromatic N) is 3. The van der Waals surface area contributed by atoms with Crippen molar-refractivity contribution >= 4 is 17.3 Å². The highest BCUT2D eigenvalue weighted by atomic mass is 16.6. The lowest BCUT2D eigenvalue weighted by Crippen LogP contribution is -2.14. The van der Waals surface area contributed by atoms with E-state index in [0.29, 0.717) is 5.69 Å². The predicted octanol–water partition coefficient (Wildman–Crippen LogP) is 2.79. The number of nitrogens with one attached hydrogen (secondary N) is 1. The predicted molar refractivity (Wildman–Crippen MR) is 92.0 cm³/mol. The Labute approximate surface area is 147 Å². The van der Waals surface area contributed by atoms with E-state index in [1.165, 1.54) is 41.2 Å².